The minimum Gasteiger partial charge on any atom is -0.336 e. The monoisotopic (exact) mass is 333 g/mol. The predicted molar refractivity (Wildman–Crippen MR) is 92.9 cm³/mol. The van der Waals surface area contributed by atoms with Crippen LogP contribution in [0.5, 0.6) is 0 Å². The first-order chi connectivity index (χ1) is 11.0. The molecule has 0 radical (unpaired) electrons. The summed E-state index contributed by atoms with van der Waals surface area (Å²) in [6.07, 6.45) is 5.63. The summed E-state index contributed by atoms with van der Waals surface area (Å²) in [5.74, 6) is 0.0129. The molecule has 1 aliphatic heterocycles. The van der Waals surface area contributed by atoms with Gasteiger partial charge >= 0.3 is 0 Å². The second-order valence-corrected chi connectivity index (χ2v) is 7.51. The Balaban J connectivity index is 1.87. The summed E-state index contributed by atoms with van der Waals surface area (Å²) in [7, 11) is 0. The fourth-order valence-corrected chi connectivity index (χ4v) is 4.36. The van der Waals surface area contributed by atoms with Gasteiger partial charge in [-0.15, -0.1) is 11.3 Å². The first-order valence-electron chi connectivity index (χ1n) is 8.30. The summed E-state index contributed by atoms with van der Waals surface area (Å²) in [5.41, 5.74) is -0.114. The van der Waals surface area contributed by atoms with Crippen molar-refractivity contribution in [1.82, 2.24) is 14.5 Å². The first-order valence-corrected chi connectivity index (χ1v) is 9.12. The second-order valence-electron chi connectivity index (χ2n) is 6.39. The van der Waals surface area contributed by atoms with Gasteiger partial charge in [-0.1, -0.05) is 6.92 Å². The van der Waals surface area contributed by atoms with Gasteiger partial charge in [0, 0.05) is 17.0 Å². The molecule has 6 heteroatoms. The maximum Gasteiger partial charge on any atom is 0.262 e. The smallest absolute Gasteiger partial charge is 0.262 e. The second kappa shape index (κ2) is 6.43. The van der Waals surface area contributed by atoms with Gasteiger partial charge in [-0.2, -0.15) is 0 Å². The van der Waals surface area contributed by atoms with Gasteiger partial charge in [-0.25, -0.2) is 4.98 Å². The number of likely N-dealkylation sites (tertiary alicyclic amines) is 1. The molecule has 3 heterocycles. The summed E-state index contributed by atoms with van der Waals surface area (Å²) >= 11 is 1.55. The third-order valence-electron chi connectivity index (χ3n) is 4.70. The SMILES string of the molecule is CCc1cc2c(=O)n(CC(=O)N3[C@H](C)CCC[C@H]3C)cnc2s1. The number of rotatable bonds is 3. The summed E-state index contributed by atoms with van der Waals surface area (Å²) in [5, 5.41) is 0.627. The van der Waals surface area contributed by atoms with Crippen molar-refractivity contribution < 1.29 is 4.79 Å². The van der Waals surface area contributed by atoms with Crippen LogP contribution in [0, 0.1) is 0 Å². The summed E-state index contributed by atoms with van der Waals surface area (Å²) in [4.78, 5) is 33.5. The molecule has 1 fully saturated rings. The van der Waals surface area contributed by atoms with Crippen LogP contribution < -0.4 is 5.56 Å². The molecule has 0 aromatic carbocycles. The normalized spacial score (nSPS) is 21.8. The van der Waals surface area contributed by atoms with E-state index in [9.17, 15) is 9.59 Å². The van der Waals surface area contributed by atoms with Crippen molar-refractivity contribution in [1.29, 1.82) is 0 Å². The molecule has 0 saturated carbocycles. The van der Waals surface area contributed by atoms with E-state index >= 15 is 0 Å². The van der Waals surface area contributed by atoms with Crippen LogP contribution in [0.15, 0.2) is 17.2 Å². The number of nitrogens with zero attached hydrogens (tertiary/aromatic N) is 3. The van der Waals surface area contributed by atoms with Gasteiger partial charge in [0.05, 0.1) is 11.7 Å². The fourth-order valence-electron chi connectivity index (χ4n) is 3.44. The Bertz CT molecular complexity index is 770. The molecule has 2 aromatic heterocycles. The van der Waals surface area contributed by atoms with Gasteiger partial charge in [0.1, 0.15) is 11.4 Å². The lowest BCUT2D eigenvalue weighted by molar-refractivity contribution is -0.138. The molecule has 1 aliphatic rings. The zero-order valence-electron chi connectivity index (χ0n) is 13.9. The summed E-state index contributed by atoms with van der Waals surface area (Å²) in [6.45, 7) is 6.31. The number of aromatic nitrogens is 2. The summed E-state index contributed by atoms with van der Waals surface area (Å²) < 4.78 is 1.45. The van der Waals surface area contributed by atoms with Gasteiger partial charge in [0.15, 0.2) is 0 Å². The van der Waals surface area contributed by atoms with Crippen LogP contribution in [0.3, 0.4) is 0 Å². The number of hydrogen-bond donors (Lipinski definition) is 0. The molecule has 5 nitrogen and oxygen atoms in total. The lowest BCUT2D eigenvalue weighted by atomic mass is 9.97. The molecule has 23 heavy (non-hydrogen) atoms. The van der Waals surface area contributed by atoms with E-state index in [-0.39, 0.29) is 30.1 Å². The van der Waals surface area contributed by atoms with E-state index in [0.717, 1.165) is 35.4 Å². The third-order valence-corrected chi connectivity index (χ3v) is 5.89. The molecule has 0 bridgehead atoms. The van der Waals surface area contributed by atoms with E-state index in [1.807, 2.05) is 11.0 Å². The van der Waals surface area contributed by atoms with E-state index in [0.29, 0.717) is 5.39 Å². The minimum atomic E-state index is -0.114. The van der Waals surface area contributed by atoms with E-state index in [4.69, 9.17) is 0 Å². The topological polar surface area (TPSA) is 55.2 Å². The number of piperidine rings is 1. The largest absolute Gasteiger partial charge is 0.336 e. The van der Waals surface area contributed by atoms with E-state index in [1.165, 1.54) is 10.9 Å². The molecule has 3 rings (SSSR count). The highest BCUT2D eigenvalue weighted by Gasteiger charge is 2.29. The molecule has 2 aromatic rings. The van der Waals surface area contributed by atoms with E-state index < -0.39 is 0 Å². The Kier molecular flexibility index (Phi) is 4.53. The van der Waals surface area contributed by atoms with Gasteiger partial charge in [0.25, 0.3) is 5.56 Å². The maximum absolute atomic E-state index is 12.7. The van der Waals surface area contributed by atoms with Crippen LogP contribution in [-0.4, -0.2) is 32.4 Å². The van der Waals surface area contributed by atoms with Crippen molar-refractivity contribution in [3.8, 4) is 0 Å². The van der Waals surface area contributed by atoms with Gasteiger partial charge < -0.3 is 4.90 Å². The maximum atomic E-state index is 12.7. The van der Waals surface area contributed by atoms with E-state index in [1.54, 1.807) is 11.3 Å². The molecule has 2 atom stereocenters. The number of fused-ring (bicyclic) bond motifs is 1. The molecule has 0 N–H and O–H groups in total. The van der Waals surface area contributed by atoms with Crippen LogP contribution in [0.4, 0.5) is 0 Å². The summed E-state index contributed by atoms with van der Waals surface area (Å²) in [6, 6.07) is 2.39. The zero-order chi connectivity index (χ0) is 16.6. The Labute approximate surface area is 139 Å². The predicted octanol–water partition coefficient (Wildman–Crippen LogP) is 2.81. The first kappa shape index (κ1) is 16.2. The molecular formula is C17H23N3O2S. The average Bonchev–Trinajstić information content (AvgIpc) is 2.94. The number of hydrogen-bond acceptors (Lipinski definition) is 4. The van der Waals surface area contributed by atoms with Crippen molar-refractivity contribution in [3.05, 3.63) is 27.6 Å². The third kappa shape index (κ3) is 3.04. The standard InChI is InChI=1S/C17H23N3O2S/c1-4-13-8-14-16(23-13)18-10-19(17(14)22)9-15(21)20-11(2)6-5-7-12(20)3/h8,10-12H,4-7,9H2,1-3H3/t11-,12-/m1/s1. The quantitative estimate of drug-likeness (QED) is 0.868. The van der Waals surface area contributed by atoms with Crippen LogP contribution in [-0.2, 0) is 17.8 Å². The zero-order valence-corrected chi connectivity index (χ0v) is 14.7. The number of amides is 1. The van der Waals surface area contributed by atoms with Gasteiger partial charge in [0.2, 0.25) is 5.91 Å². The minimum absolute atomic E-state index is 0.0129. The number of thiophene rings is 1. The van der Waals surface area contributed by atoms with Crippen LogP contribution >= 0.6 is 11.3 Å². The lowest BCUT2D eigenvalue weighted by Crippen LogP contribution is -2.49. The number of carbonyl (C=O) groups is 1. The van der Waals surface area contributed by atoms with Crippen LogP contribution in [0.2, 0.25) is 0 Å². The highest BCUT2D eigenvalue weighted by Crippen LogP contribution is 2.23. The molecule has 1 saturated heterocycles. The molecule has 0 spiro atoms. The molecule has 124 valence electrons. The number of aryl methyl sites for hydroxylation is 1. The number of carbonyl (C=O) groups excluding carboxylic acids is 1. The van der Waals surface area contributed by atoms with Gasteiger partial charge in [-0.05, 0) is 45.6 Å². The van der Waals surface area contributed by atoms with E-state index in [2.05, 4.69) is 25.8 Å². The highest BCUT2D eigenvalue weighted by molar-refractivity contribution is 7.18. The molecule has 0 unspecified atom stereocenters. The Morgan fingerprint density at radius 2 is 2.04 bits per heavy atom. The molecule has 1 amide bonds. The Morgan fingerprint density at radius 1 is 1.35 bits per heavy atom. The van der Waals surface area contributed by atoms with Crippen LogP contribution in [0.25, 0.3) is 10.2 Å². The van der Waals surface area contributed by atoms with Crippen molar-refractivity contribution >= 4 is 27.5 Å². The van der Waals surface area contributed by atoms with Crippen molar-refractivity contribution in [2.45, 2.75) is 65.1 Å². The lowest BCUT2D eigenvalue weighted by Gasteiger charge is -2.39. The highest BCUT2D eigenvalue weighted by atomic mass is 32.1. The fraction of sp³-hybridized carbons (Fsp3) is 0.588. The molecule has 0 aliphatic carbocycles. The van der Waals surface area contributed by atoms with Crippen molar-refractivity contribution in [2.75, 3.05) is 0 Å². The van der Waals surface area contributed by atoms with Gasteiger partial charge in [-0.3, -0.25) is 14.2 Å². The molecular weight excluding hydrogens is 310 g/mol. The van der Waals surface area contributed by atoms with Crippen molar-refractivity contribution in [2.24, 2.45) is 0 Å². The Hall–Kier alpha value is -1.69. The average molecular weight is 333 g/mol. The Morgan fingerprint density at radius 3 is 2.70 bits per heavy atom. The van der Waals surface area contributed by atoms with Crippen LogP contribution in [0.1, 0.15) is 44.9 Å². The van der Waals surface area contributed by atoms with Crippen molar-refractivity contribution in [3.63, 3.8) is 0 Å².